The fraction of sp³-hybridized carbons (Fsp3) is 0.400. The molecule has 1 aliphatic heterocycles. The topological polar surface area (TPSA) is 54.0 Å². The minimum atomic E-state index is -0.228. The number of ether oxygens (including phenoxy) is 4. The molecule has 0 aromatic heterocycles. The summed E-state index contributed by atoms with van der Waals surface area (Å²) in [5.41, 5.74) is 0. The molecule has 1 heterocycles. The van der Waals surface area contributed by atoms with Crippen LogP contribution < -0.4 is 14.2 Å². The molecule has 1 atom stereocenters. The Morgan fingerprint density at radius 2 is 2.25 bits per heavy atom. The monoisotopic (exact) mass is 278 g/mol. The Morgan fingerprint density at radius 1 is 1.35 bits per heavy atom. The summed E-state index contributed by atoms with van der Waals surface area (Å²) in [6.07, 6.45) is 4.42. The number of benzene rings is 1. The van der Waals surface area contributed by atoms with Crippen LogP contribution in [0.2, 0.25) is 0 Å². The van der Waals surface area contributed by atoms with Gasteiger partial charge in [-0.3, -0.25) is 4.79 Å². The number of carbonyl (C=O) groups is 1. The van der Waals surface area contributed by atoms with E-state index in [9.17, 15) is 4.79 Å². The van der Waals surface area contributed by atoms with Crippen molar-refractivity contribution in [3.63, 3.8) is 0 Å². The summed E-state index contributed by atoms with van der Waals surface area (Å²) in [6.45, 7) is 4.98. The van der Waals surface area contributed by atoms with Crippen molar-refractivity contribution in [2.24, 2.45) is 0 Å². The molecule has 1 aliphatic rings. The number of hydrogen-bond acceptors (Lipinski definition) is 5. The molecule has 0 bridgehead atoms. The maximum absolute atomic E-state index is 10.5. The lowest BCUT2D eigenvalue weighted by Gasteiger charge is -2.23. The van der Waals surface area contributed by atoms with E-state index in [1.165, 1.54) is 0 Å². The predicted molar refractivity (Wildman–Crippen MR) is 73.0 cm³/mol. The van der Waals surface area contributed by atoms with Gasteiger partial charge in [0.05, 0.1) is 6.61 Å². The highest BCUT2D eigenvalue weighted by Crippen LogP contribution is 2.32. The van der Waals surface area contributed by atoms with E-state index in [1.54, 1.807) is 24.3 Å². The van der Waals surface area contributed by atoms with Gasteiger partial charge in [0.25, 0.3) is 6.47 Å². The first-order valence-corrected chi connectivity index (χ1v) is 6.60. The number of rotatable bonds is 7. The van der Waals surface area contributed by atoms with Gasteiger partial charge in [-0.2, -0.15) is 0 Å². The molecule has 2 rings (SSSR count). The molecule has 1 fully saturated rings. The van der Waals surface area contributed by atoms with Gasteiger partial charge in [0, 0.05) is 12.5 Å². The standard InChI is InChI=1S/C15H18O5/c1-2-8-17-14-10-12(6-7-13(14)19-11-16)20-15-5-3-4-9-18-15/h2,6-7,10-11,15H,1,3-5,8-9H2/t15-/m1/s1. The quantitative estimate of drug-likeness (QED) is 0.567. The van der Waals surface area contributed by atoms with Gasteiger partial charge in [-0.15, -0.1) is 0 Å². The molecule has 108 valence electrons. The first kappa shape index (κ1) is 14.4. The maximum atomic E-state index is 10.5. The van der Waals surface area contributed by atoms with Crippen LogP contribution in [0.3, 0.4) is 0 Å². The average Bonchev–Trinajstić information content (AvgIpc) is 2.48. The lowest BCUT2D eigenvalue weighted by Crippen LogP contribution is -2.24. The van der Waals surface area contributed by atoms with E-state index in [2.05, 4.69) is 6.58 Å². The van der Waals surface area contributed by atoms with Crippen LogP contribution in [-0.2, 0) is 9.53 Å². The third-order valence-corrected chi connectivity index (χ3v) is 2.85. The van der Waals surface area contributed by atoms with Gasteiger partial charge in [-0.25, -0.2) is 0 Å². The van der Waals surface area contributed by atoms with E-state index in [0.29, 0.717) is 30.3 Å². The van der Waals surface area contributed by atoms with Crippen molar-refractivity contribution in [3.8, 4) is 17.2 Å². The Hall–Kier alpha value is -2.01. The Bertz CT molecular complexity index is 452. The van der Waals surface area contributed by atoms with Gasteiger partial charge in [0.15, 0.2) is 17.8 Å². The Balaban J connectivity index is 2.08. The number of hydrogen-bond donors (Lipinski definition) is 0. The Morgan fingerprint density at radius 3 is 2.95 bits per heavy atom. The van der Waals surface area contributed by atoms with E-state index in [1.807, 2.05) is 0 Å². The van der Waals surface area contributed by atoms with Crippen LogP contribution in [0.5, 0.6) is 17.2 Å². The van der Waals surface area contributed by atoms with Crippen molar-refractivity contribution in [2.45, 2.75) is 25.6 Å². The zero-order chi connectivity index (χ0) is 14.2. The first-order chi connectivity index (χ1) is 9.83. The van der Waals surface area contributed by atoms with Gasteiger partial charge in [0.2, 0.25) is 0 Å². The van der Waals surface area contributed by atoms with Crippen LogP contribution >= 0.6 is 0 Å². The molecule has 0 N–H and O–H groups in total. The van der Waals surface area contributed by atoms with Gasteiger partial charge < -0.3 is 18.9 Å². The molecule has 5 heteroatoms. The summed E-state index contributed by atoms with van der Waals surface area (Å²) in [6, 6.07) is 5.03. The van der Waals surface area contributed by atoms with Crippen LogP contribution in [0.4, 0.5) is 0 Å². The van der Waals surface area contributed by atoms with Gasteiger partial charge >= 0.3 is 0 Å². The lowest BCUT2D eigenvalue weighted by atomic mass is 10.2. The smallest absolute Gasteiger partial charge is 0.298 e. The van der Waals surface area contributed by atoms with Crippen LogP contribution in [0.15, 0.2) is 30.9 Å². The Kier molecular flexibility index (Phi) is 5.43. The molecular weight excluding hydrogens is 260 g/mol. The summed E-state index contributed by atoms with van der Waals surface area (Å²) < 4.78 is 21.5. The highest BCUT2D eigenvalue weighted by molar-refractivity contribution is 5.53. The summed E-state index contributed by atoms with van der Waals surface area (Å²) in [5, 5.41) is 0. The molecule has 0 unspecified atom stereocenters. The molecule has 0 amide bonds. The van der Waals surface area contributed by atoms with Crippen LogP contribution in [0, 0.1) is 0 Å². The molecule has 0 aliphatic carbocycles. The van der Waals surface area contributed by atoms with Crippen LogP contribution in [-0.4, -0.2) is 26.0 Å². The third-order valence-electron chi connectivity index (χ3n) is 2.85. The van der Waals surface area contributed by atoms with E-state index in [4.69, 9.17) is 18.9 Å². The number of carbonyl (C=O) groups excluding carboxylic acids is 1. The van der Waals surface area contributed by atoms with Gasteiger partial charge in [-0.1, -0.05) is 12.7 Å². The average molecular weight is 278 g/mol. The molecule has 1 saturated heterocycles. The van der Waals surface area contributed by atoms with E-state index >= 15 is 0 Å². The predicted octanol–water partition coefficient (Wildman–Crippen LogP) is 2.69. The second-order valence-electron chi connectivity index (χ2n) is 4.34. The Labute approximate surface area is 118 Å². The van der Waals surface area contributed by atoms with Crippen LogP contribution in [0.1, 0.15) is 19.3 Å². The van der Waals surface area contributed by atoms with E-state index in [-0.39, 0.29) is 6.29 Å². The SMILES string of the molecule is C=CCOc1cc(O[C@@H]2CCCCO2)ccc1OC=O. The molecule has 1 aromatic carbocycles. The second kappa shape index (κ2) is 7.55. The minimum absolute atomic E-state index is 0.228. The molecule has 0 spiro atoms. The largest absolute Gasteiger partial charge is 0.485 e. The van der Waals surface area contributed by atoms with Crippen molar-refractivity contribution in [2.75, 3.05) is 13.2 Å². The molecule has 0 saturated carbocycles. The van der Waals surface area contributed by atoms with Gasteiger partial charge in [0.1, 0.15) is 12.4 Å². The molecule has 5 nitrogen and oxygen atoms in total. The summed E-state index contributed by atoms with van der Waals surface area (Å²) in [5.74, 6) is 1.40. The van der Waals surface area contributed by atoms with Crippen molar-refractivity contribution in [1.29, 1.82) is 0 Å². The summed E-state index contributed by atoms with van der Waals surface area (Å²) in [4.78, 5) is 10.5. The van der Waals surface area contributed by atoms with E-state index in [0.717, 1.165) is 25.9 Å². The zero-order valence-corrected chi connectivity index (χ0v) is 11.2. The maximum Gasteiger partial charge on any atom is 0.298 e. The minimum Gasteiger partial charge on any atom is -0.485 e. The normalized spacial score (nSPS) is 18.1. The van der Waals surface area contributed by atoms with Gasteiger partial charge in [-0.05, 0) is 25.0 Å². The fourth-order valence-electron chi connectivity index (χ4n) is 1.93. The summed E-state index contributed by atoms with van der Waals surface area (Å²) in [7, 11) is 0. The van der Waals surface area contributed by atoms with Crippen molar-refractivity contribution >= 4 is 6.47 Å². The second-order valence-corrected chi connectivity index (χ2v) is 4.34. The van der Waals surface area contributed by atoms with Crippen molar-refractivity contribution in [1.82, 2.24) is 0 Å². The summed E-state index contributed by atoms with van der Waals surface area (Å²) >= 11 is 0. The lowest BCUT2D eigenvalue weighted by molar-refractivity contribution is -0.120. The molecular formula is C15H18O5. The highest BCUT2D eigenvalue weighted by atomic mass is 16.7. The first-order valence-electron chi connectivity index (χ1n) is 6.60. The van der Waals surface area contributed by atoms with Crippen molar-refractivity contribution < 1.29 is 23.7 Å². The van der Waals surface area contributed by atoms with Crippen LogP contribution in [0.25, 0.3) is 0 Å². The highest BCUT2D eigenvalue weighted by Gasteiger charge is 2.16. The molecule has 0 radical (unpaired) electrons. The molecule has 20 heavy (non-hydrogen) atoms. The zero-order valence-electron chi connectivity index (χ0n) is 11.2. The van der Waals surface area contributed by atoms with E-state index < -0.39 is 0 Å². The third kappa shape index (κ3) is 3.99. The molecule has 1 aromatic rings. The fourth-order valence-corrected chi connectivity index (χ4v) is 1.93. The van der Waals surface area contributed by atoms with Crippen molar-refractivity contribution in [3.05, 3.63) is 30.9 Å².